The minimum atomic E-state index is 0.766. The van der Waals surface area contributed by atoms with Crippen LogP contribution in [0.4, 0.5) is 0 Å². The van der Waals surface area contributed by atoms with E-state index in [9.17, 15) is 0 Å². The Balaban J connectivity index is 1.87. The first-order chi connectivity index (χ1) is 9.72. The van der Waals surface area contributed by atoms with Gasteiger partial charge in [0, 0.05) is 34.3 Å². The Bertz CT molecular complexity index is 417. The van der Waals surface area contributed by atoms with Gasteiger partial charge in [-0.25, -0.2) is 0 Å². The largest absolute Gasteiger partial charge is 0.310 e. The zero-order chi connectivity index (χ0) is 14.4. The summed E-state index contributed by atoms with van der Waals surface area (Å²) in [7, 11) is 0. The Morgan fingerprint density at radius 2 is 2.05 bits per heavy atom. The molecule has 0 aliphatic heterocycles. The summed E-state index contributed by atoms with van der Waals surface area (Å²) in [5.74, 6) is 1.17. The van der Waals surface area contributed by atoms with Gasteiger partial charge < -0.3 is 10.2 Å². The van der Waals surface area contributed by atoms with Crippen LogP contribution in [0, 0.1) is 0 Å². The summed E-state index contributed by atoms with van der Waals surface area (Å²) in [6, 6.07) is 7.43. The van der Waals surface area contributed by atoms with E-state index in [-0.39, 0.29) is 0 Å². The van der Waals surface area contributed by atoms with E-state index in [0.29, 0.717) is 0 Å². The number of nitrogens with zero attached hydrogens (tertiary/aromatic N) is 1. The zero-order valence-corrected chi connectivity index (χ0v) is 14.9. The first-order valence-electron chi connectivity index (χ1n) is 7.59. The molecule has 112 valence electrons. The van der Waals surface area contributed by atoms with Gasteiger partial charge in [-0.2, -0.15) is 0 Å². The van der Waals surface area contributed by atoms with Gasteiger partial charge in [0.2, 0.25) is 0 Å². The van der Waals surface area contributed by atoms with Gasteiger partial charge in [0.05, 0.1) is 0 Å². The van der Waals surface area contributed by atoms with Crippen molar-refractivity contribution in [1.29, 1.82) is 0 Å². The van der Waals surface area contributed by atoms with Crippen molar-refractivity contribution < 1.29 is 0 Å². The van der Waals surface area contributed by atoms with Crippen LogP contribution in [0.5, 0.6) is 0 Å². The van der Waals surface area contributed by atoms with Crippen molar-refractivity contribution in [3.8, 4) is 0 Å². The van der Waals surface area contributed by atoms with Crippen LogP contribution < -0.4 is 5.32 Å². The lowest BCUT2D eigenvalue weighted by atomic mass is 10.2. The van der Waals surface area contributed by atoms with E-state index in [0.717, 1.165) is 25.7 Å². The first-order valence-corrected chi connectivity index (χ1v) is 9.37. The molecule has 0 amide bonds. The summed E-state index contributed by atoms with van der Waals surface area (Å²) >= 11 is 5.57. The summed E-state index contributed by atoms with van der Waals surface area (Å²) in [5.41, 5.74) is 1.43. The van der Waals surface area contributed by atoms with Gasteiger partial charge in [-0.05, 0) is 49.7 Å². The highest BCUT2D eigenvalue weighted by atomic mass is 79.9. The van der Waals surface area contributed by atoms with Gasteiger partial charge in [0.1, 0.15) is 0 Å². The van der Waals surface area contributed by atoms with Gasteiger partial charge in [0.15, 0.2) is 0 Å². The Hall–Kier alpha value is -0.0300. The van der Waals surface area contributed by atoms with Crippen molar-refractivity contribution >= 4 is 27.7 Å². The van der Waals surface area contributed by atoms with Crippen molar-refractivity contribution in [3.05, 3.63) is 28.2 Å². The van der Waals surface area contributed by atoms with Crippen LogP contribution in [0.2, 0.25) is 0 Å². The maximum absolute atomic E-state index is 3.62. The second-order valence-electron chi connectivity index (χ2n) is 5.28. The number of benzene rings is 1. The van der Waals surface area contributed by atoms with Gasteiger partial charge in [-0.15, -0.1) is 11.8 Å². The van der Waals surface area contributed by atoms with Crippen LogP contribution in [-0.2, 0) is 6.54 Å². The van der Waals surface area contributed by atoms with E-state index in [1.165, 1.54) is 40.1 Å². The molecule has 20 heavy (non-hydrogen) atoms. The van der Waals surface area contributed by atoms with Gasteiger partial charge in [0.25, 0.3) is 0 Å². The number of hydrogen-bond acceptors (Lipinski definition) is 3. The van der Waals surface area contributed by atoms with Gasteiger partial charge >= 0.3 is 0 Å². The van der Waals surface area contributed by atoms with Crippen LogP contribution in [0.3, 0.4) is 0 Å². The molecule has 1 aliphatic carbocycles. The number of hydrogen-bond donors (Lipinski definition) is 1. The third kappa shape index (κ3) is 5.40. The lowest BCUT2D eigenvalue weighted by Crippen LogP contribution is -2.25. The lowest BCUT2D eigenvalue weighted by Gasteiger charge is -2.18. The van der Waals surface area contributed by atoms with Crippen molar-refractivity contribution in [2.45, 2.75) is 44.2 Å². The Kier molecular flexibility index (Phi) is 6.88. The SMILES string of the molecule is CCN(CC)CCSc1ccc(Br)cc1CNC1CC1. The fourth-order valence-electron chi connectivity index (χ4n) is 2.19. The molecule has 0 aromatic heterocycles. The molecule has 0 bridgehead atoms. The van der Waals surface area contributed by atoms with Crippen molar-refractivity contribution in [2.75, 3.05) is 25.4 Å². The molecule has 1 N–H and O–H groups in total. The van der Waals surface area contributed by atoms with Crippen LogP contribution in [0.25, 0.3) is 0 Å². The van der Waals surface area contributed by atoms with E-state index in [2.05, 4.69) is 58.2 Å². The predicted octanol–water partition coefficient (Wildman–Crippen LogP) is 4.14. The van der Waals surface area contributed by atoms with E-state index < -0.39 is 0 Å². The standard InChI is InChI=1S/C16H25BrN2S/c1-3-19(4-2)9-10-20-16-8-5-14(17)11-13(16)12-18-15-6-7-15/h5,8,11,15,18H,3-4,6-7,9-10,12H2,1-2H3. The molecular weight excluding hydrogens is 332 g/mol. The Labute approximate surface area is 135 Å². The molecule has 0 spiro atoms. The van der Waals surface area contributed by atoms with Crippen LogP contribution in [0.15, 0.2) is 27.6 Å². The molecular formula is C16H25BrN2S. The van der Waals surface area contributed by atoms with Crippen molar-refractivity contribution in [3.63, 3.8) is 0 Å². The first kappa shape index (κ1) is 16.3. The highest BCUT2D eigenvalue weighted by molar-refractivity contribution is 9.10. The zero-order valence-electron chi connectivity index (χ0n) is 12.5. The minimum absolute atomic E-state index is 0.766. The maximum atomic E-state index is 3.62. The number of thioether (sulfide) groups is 1. The summed E-state index contributed by atoms with van der Waals surface area (Å²) in [4.78, 5) is 3.90. The highest BCUT2D eigenvalue weighted by Crippen LogP contribution is 2.27. The molecule has 1 aromatic carbocycles. The molecule has 1 fully saturated rings. The van der Waals surface area contributed by atoms with E-state index in [1.807, 2.05) is 11.8 Å². The lowest BCUT2D eigenvalue weighted by molar-refractivity contribution is 0.324. The summed E-state index contributed by atoms with van der Waals surface area (Å²) in [6.45, 7) is 8.93. The molecule has 4 heteroatoms. The molecule has 0 heterocycles. The highest BCUT2D eigenvalue weighted by Gasteiger charge is 2.20. The summed E-state index contributed by atoms with van der Waals surface area (Å²) < 4.78 is 1.18. The molecule has 0 saturated heterocycles. The second kappa shape index (κ2) is 8.42. The molecule has 0 atom stereocenters. The fraction of sp³-hybridized carbons (Fsp3) is 0.625. The van der Waals surface area contributed by atoms with Crippen LogP contribution in [0.1, 0.15) is 32.3 Å². The monoisotopic (exact) mass is 356 g/mol. The summed E-state index contributed by atoms with van der Waals surface area (Å²) in [6.07, 6.45) is 2.69. The molecule has 2 rings (SSSR count). The quantitative estimate of drug-likeness (QED) is 0.669. The summed E-state index contributed by atoms with van der Waals surface area (Å²) in [5, 5.41) is 3.62. The average molecular weight is 357 g/mol. The van der Waals surface area contributed by atoms with Gasteiger partial charge in [-0.1, -0.05) is 29.8 Å². The third-order valence-electron chi connectivity index (χ3n) is 3.74. The van der Waals surface area contributed by atoms with Crippen molar-refractivity contribution in [2.24, 2.45) is 0 Å². The fourth-order valence-corrected chi connectivity index (χ4v) is 3.65. The predicted molar refractivity (Wildman–Crippen MR) is 92.5 cm³/mol. The van der Waals surface area contributed by atoms with E-state index in [1.54, 1.807) is 0 Å². The Morgan fingerprint density at radius 1 is 1.30 bits per heavy atom. The molecule has 0 radical (unpaired) electrons. The number of rotatable bonds is 9. The second-order valence-corrected chi connectivity index (χ2v) is 7.33. The Morgan fingerprint density at radius 3 is 2.70 bits per heavy atom. The van der Waals surface area contributed by atoms with E-state index in [4.69, 9.17) is 0 Å². The molecule has 1 aromatic rings. The molecule has 2 nitrogen and oxygen atoms in total. The van der Waals surface area contributed by atoms with Gasteiger partial charge in [-0.3, -0.25) is 0 Å². The average Bonchev–Trinajstić information content (AvgIpc) is 3.27. The van der Waals surface area contributed by atoms with Crippen LogP contribution in [-0.4, -0.2) is 36.3 Å². The topological polar surface area (TPSA) is 15.3 Å². The minimum Gasteiger partial charge on any atom is -0.310 e. The molecule has 1 saturated carbocycles. The van der Waals surface area contributed by atoms with E-state index >= 15 is 0 Å². The maximum Gasteiger partial charge on any atom is 0.0219 e. The smallest absolute Gasteiger partial charge is 0.0219 e. The molecule has 0 unspecified atom stereocenters. The number of halogens is 1. The third-order valence-corrected chi connectivity index (χ3v) is 5.33. The normalized spacial score (nSPS) is 15.0. The molecule has 1 aliphatic rings. The van der Waals surface area contributed by atoms with Crippen molar-refractivity contribution in [1.82, 2.24) is 10.2 Å². The number of nitrogens with one attached hydrogen (secondary N) is 1. The van der Waals surface area contributed by atoms with Crippen LogP contribution >= 0.6 is 27.7 Å².